The smallest absolute Gasteiger partial charge is 0.300 e. The number of hydrogen-bond acceptors (Lipinski definition) is 7. The summed E-state index contributed by atoms with van der Waals surface area (Å²) in [5.74, 6) is -0.880. The van der Waals surface area contributed by atoms with Gasteiger partial charge in [-0.1, -0.05) is 24.3 Å². The van der Waals surface area contributed by atoms with E-state index >= 15 is 0 Å². The standard InChI is InChI=1S/C30H31NO7/c1-6-37-25-16-19(11-13-24(25)36-5)27-26(28(33)20-8-7-9-21(15-20)38-17(2)3)29(34)30(35)31(27)22-14-18(4)10-12-23(22)32/h7-17,27,32-33H,6H2,1-5H3/b28-26-. The summed E-state index contributed by atoms with van der Waals surface area (Å²) in [6, 6.07) is 15.5. The van der Waals surface area contributed by atoms with Gasteiger partial charge in [-0.15, -0.1) is 0 Å². The number of ether oxygens (including phenoxy) is 3. The molecule has 8 heteroatoms. The highest BCUT2D eigenvalue weighted by Crippen LogP contribution is 2.46. The number of ketones is 1. The van der Waals surface area contributed by atoms with Crippen molar-refractivity contribution in [2.75, 3.05) is 18.6 Å². The topological polar surface area (TPSA) is 106 Å². The van der Waals surface area contributed by atoms with Gasteiger partial charge in [0.25, 0.3) is 11.7 Å². The van der Waals surface area contributed by atoms with Gasteiger partial charge in [0, 0.05) is 5.56 Å². The number of phenolic OH excluding ortho intramolecular Hbond substituents is 1. The highest BCUT2D eigenvalue weighted by Gasteiger charge is 2.48. The molecule has 8 nitrogen and oxygen atoms in total. The van der Waals surface area contributed by atoms with Gasteiger partial charge in [0.2, 0.25) is 0 Å². The molecular weight excluding hydrogens is 486 g/mol. The lowest BCUT2D eigenvalue weighted by molar-refractivity contribution is -0.132. The Balaban J connectivity index is 1.97. The molecule has 4 rings (SSSR count). The molecule has 1 unspecified atom stereocenters. The number of benzene rings is 3. The Hall–Kier alpha value is -4.46. The van der Waals surface area contributed by atoms with E-state index in [1.54, 1.807) is 54.6 Å². The van der Waals surface area contributed by atoms with Crippen molar-refractivity contribution in [1.82, 2.24) is 0 Å². The van der Waals surface area contributed by atoms with Crippen LogP contribution in [0.2, 0.25) is 0 Å². The summed E-state index contributed by atoms with van der Waals surface area (Å²) < 4.78 is 16.9. The summed E-state index contributed by atoms with van der Waals surface area (Å²) in [4.78, 5) is 28.2. The number of aliphatic hydroxyl groups excluding tert-OH is 1. The minimum Gasteiger partial charge on any atom is -0.507 e. The number of phenols is 1. The van der Waals surface area contributed by atoms with Gasteiger partial charge in [-0.2, -0.15) is 0 Å². The highest BCUT2D eigenvalue weighted by atomic mass is 16.5. The summed E-state index contributed by atoms with van der Waals surface area (Å²) >= 11 is 0. The number of anilines is 1. The Kier molecular flexibility index (Phi) is 7.62. The molecule has 1 amide bonds. The number of aryl methyl sites for hydroxylation is 1. The Morgan fingerprint density at radius 1 is 1.03 bits per heavy atom. The molecule has 198 valence electrons. The molecule has 1 aliphatic rings. The van der Waals surface area contributed by atoms with E-state index in [1.807, 2.05) is 27.7 Å². The van der Waals surface area contributed by atoms with Gasteiger partial charge >= 0.3 is 0 Å². The fourth-order valence-electron chi connectivity index (χ4n) is 4.50. The van der Waals surface area contributed by atoms with E-state index in [2.05, 4.69) is 0 Å². The predicted octanol–water partition coefficient (Wildman–Crippen LogP) is 5.52. The minimum atomic E-state index is -1.05. The molecule has 0 bridgehead atoms. The monoisotopic (exact) mass is 517 g/mol. The van der Waals surface area contributed by atoms with E-state index in [4.69, 9.17) is 14.2 Å². The third-order valence-electron chi connectivity index (χ3n) is 6.12. The van der Waals surface area contributed by atoms with Crippen LogP contribution in [0.5, 0.6) is 23.0 Å². The predicted molar refractivity (Wildman–Crippen MR) is 144 cm³/mol. The summed E-state index contributed by atoms with van der Waals surface area (Å²) in [6.45, 7) is 7.77. The van der Waals surface area contributed by atoms with Crippen LogP contribution in [0.3, 0.4) is 0 Å². The second kappa shape index (κ2) is 10.9. The maximum atomic E-state index is 13.5. The molecule has 3 aromatic rings. The molecule has 0 radical (unpaired) electrons. The number of hydrogen-bond donors (Lipinski definition) is 2. The largest absolute Gasteiger partial charge is 0.507 e. The van der Waals surface area contributed by atoms with Gasteiger partial charge in [0.1, 0.15) is 17.3 Å². The molecule has 0 aliphatic carbocycles. The number of carbonyl (C=O) groups is 2. The average molecular weight is 518 g/mol. The van der Waals surface area contributed by atoms with Crippen LogP contribution in [-0.4, -0.2) is 41.7 Å². The summed E-state index contributed by atoms with van der Waals surface area (Å²) in [7, 11) is 1.51. The van der Waals surface area contributed by atoms with Crippen molar-refractivity contribution in [1.29, 1.82) is 0 Å². The molecule has 2 N–H and O–H groups in total. The van der Waals surface area contributed by atoms with Crippen LogP contribution in [0.1, 0.15) is 43.5 Å². The molecule has 38 heavy (non-hydrogen) atoms. The molecule has 1 atom stereocenters. The molecule has 0 saturated carbocycles. The number of amides is 1. The third-order valence-corrected chi connectivity index (χ3v) is 6.12. The first-order valence-corrected chi connectivity index (χ1v) is 12.3. The van der Waals surface area contributed by atoms with Crippen molar-refractivity contribution in [3.8, 4) is 23.0 Å². The van der Waals surface area contributed by atoms with Crippen molar-refractivity contribution in [3.05, 3.63) is 82.9 Å². The Morgan fingerprint density at radius 2 is 1.79 bits per heavy atom. The van der Waals surface area contributed by atoms with E-state index in [0.717, 1.165) is 5.56 Å². The molecular formula is C30H31NO7. The number of aromatic hydroxyl groups is 1. The zero-order chi connectivity index (χ0) is 27.6. The minimum absolute atomic E-state index is 0.0986. The Morgan fingerprint density at radius 3 is 2.47 bits per heavy atom. The molecule has 1 fully saturated rings. The lowest BCUT2D eigenvalue weighted by atomic mass is 9.94. The first-order chi connectivity index (χ1) is 18.2. The van der Waals surface area contributed by atoms with E-state index in [0.29, 0.717) is 35.0 Å². The zero-order valence-electron chi connectivity index (χ0n) is 22.0. The molecule has 0 aromatic heterocycles. The molecule has 0 spiro atoms. The van der Waals surface area contributed by atoms with Crippen molar-refractivity contribution in [2.24, 2.45) is 0 Å². The number of aliphatic hydroxyl groups is 1. The number of nitrogens with zero attached hydrogens (tertiary/aromatic N) is 1. The van der Waals surface area contributed by atoms with E-state index in [-0.39, 0.29) is 28.9 Å². The zero-order valence-corrected chi connectivity index (χ0v) is 22.0. The molecule has 1 saturated heterocycles. The summed E-state index contributed by atoms with van der Waals surface area (Å²) in [5.41, 5.74) is 1.62. The molecule has 1 heterocycles. The fourth-order valence-corrected chi connectivity index (χ4v) is 4.50. The van der Waals surface area contributed by atoms with Crippen molar-refractivity contribution in [2.45, 2.75) is 39.8 Å². The maximum absolute atomic E-state index is 13.5. The quantitative estimate of drug-likeness (QED) is 0.230. The third kappa shape index (κ3) is 5.02. The second-order valence-corrected chi connectivity index (χ2v) is 9.20. The van der Waals surface area contributed by atoms with Gasteiger partial charge in [-0.05, 0) is 75.2 Å². The fraction of sp³-hybridized carbons (Fsp3) is 0.267. The van der Waals surface area contributed by atoms with E-state index in [1.165, 1.54) is 18.1 Å². The first-order valence-electron chi connectivity index (χ1n) is 12.3. The van der Waals surface area contributed by atoms with Crippen LogP contribution >= 0.6 is 0 Å². The highest BCUT2D eigenvalue weighted by molar-refractivity contribution is 6.52. The first kappa shape index (κ1) is 26.6. The van der Waals surface area contributed by atoms with Crippen LogP contribution in [0.4, 0.5) is 5.69 Å². The lowest BCUT2D eigenvalue weighted by Gasteiger charge is -2.27. The van der Waals surface area contributed by atoms with Gasteiger partial charge < -0.3 is 24.4 Å². The number of rotatable bonds is 8. The number of carbonyl (C=O) groups excluding carboxylic acids is 2. The Labute approximate surface area is 221 Å². The normalized spacial score (nSPS) is 16.7. The van der Waals surface area contributed by atoms with Gasteiger partial charge in [-0.25, -0.2) is 0 Å². The lowest BCUT2D eigenvalue weighted by Crippen LogP contribution is -2.29. The van der Waals surface area contributed by atoms with Crippen LogP contribution in [0, 0.1) is 6.92 Å². The van der Waals surface area contributed by atoms with E-state index in [9.17, 15) is 19.8 Å². The van der Waals surface area contributed by atoms with Crippen molar-refractivity contribution < 1.29 is 34.0 Å². The second-order valence-electron chi connectivity index (χ2n) is 9.20. The number of methoxy groups -OCH3 is 1. The van der Waals surface area contributed by atoms with Gasteiger partial charge in [0.15, 0.2) is 11.5 Å². The summed E-state index contributed by atoms with van der Waals surface area (Å²) in [5, 5.41) is 22.2. The average Bonchev–Trinajstić information content (AvgIpc) is 3.15. The van der Waals surface area contributed by atoms with Crippen LogP contribution < -0.4 is 19.1 Å². The van der Waals surface area contributed by atoms with Crippen LogP contribution in [0.15, 0.2) is 66.2 Å². The Bertz CT molecular complexity index is 1410. The molecule has 3 aromatic carbocycles. The van der Waals surface area contributed by atoms with Crippen LogP contribution in [0.25, 0.3) is 5.76 Å². The SMILES string of the molecule is CCOc1cc(C2/C(=C(/O)c3cccc(OC(C)C)c3)C(=O)C(=O)N2c2cc(C)ccc2O)ccc1OC. The van der Waals surface area contributed by atoms with Gasteiger partial charge in [0.05, 0.1) is 37.1 Å². The van der Waals surface area contributed by atoms with Gasteiger partial charge in [-0.3, -0.25) is 14.5 Å². The summed E-state index contributed by atoms with van der Waals surface area (Å²) in [6.07, 6.45) is -0.0986. The number of Topliss-reactive ketones (excluding diaryl/α,β-unsaturated/α-hetero) is 1. The van der Waals surface area contributed by atoms with Crippen molar-refractivity contribution in [3.63, 3.8) is 0 Å². The van der Waals surface area contributed by atoms with Crippen molar-refractivity contribution >= 4 is 23.1 Å². The maximum Gasteiger partial charge on any atom is 0.300 e. The molecule has 1 aliphatic heterocycles. The van der Waals surface area contributed by atoms with E-state index < -0.39 is 17.7 Å². The van der Waals surface area contributed by atoms with Crippen LogP contribution in [-0.2, 0) is 9.59 Å².